The van der Waals surface area contributed by atoms with Crippen LogP contribution in [0.25, 0.3) is 0 Å². The van der Waals surface area contributed by atoms with E-state index in [4.69, 9.17) is 5.11 Å². The molecule has 0 spiro atoms. The van der Waals surface area contributed by atoms with E-state index < -0.39 is 0 Å². The van der Waals surface area contributed by atoms with Crippen molar-refractivity contribution in [2.24, 2.45) is 0 Å². The second-order valence-corrected chi connectivity index (χ2v) is 3.99. The number of allylic oxidation sites excluding steroid dienone is 1. The third-order valence-electron chi connectivity index (χ3n) is 2.47. The molecule has 2 heteroatoms. The fourth-order valence-corrected chi connectivity index (χ4v) is 1.54. The predicted octanol–water partition coefficient (Wildman–Crippen LogP) is 2.44. The molecule has 0 rings (SSSR count). The molecule has 0 bridgehead atoms. The van der Waals surface area contributed by atoms with Crippen LogP contribution in [0.2, 0.25) is 0 Å². The van der Waals surface area contributed by atoms with E-state index in [0.29, 0.717) is 6.04 Å². The Hall–Kier alpha value is -0.340. The van der Waals surface area contributed by atoms with E-state index in [1.54, 1.807) is 0 Å². The van der Waals surface area contributed by atoms with Gasteiger partial charge in [0.25, 0.3) is 0 Å². The third-order valence-corrected chi connectivity index (χ3v) is 2.47. The van der Waals surface area contributed by atoms with Crippen LogP contribution in [0.4, 0.5) is 0 Å². The van der Waals surface area contributed by atoms with Crippen LogP contribution in [0.1, 0.15) is 39.5 Å². The number of rotatable bonds is 9. The first-order chi connectivity index (χ1) is 6.72. The zero-order chi connectivity index (χ0) is 10.8. The van der Waals surface area contributed by atoms with Crippen molar-refractivity contribution in [3.05, 3.63) is 12.7 Å². The van der Waals surface area contributed by atoms with Crippen molar-refractivity contribution in [3.8, 4) is 0 Å². The Bertz CT molecular complexity index is 134. The van der Waals surface area contributed by atoms with Gasteiger partial charge in [0.05, 0.1) is 6.61 Å². The molecule has 0 aliphatic rings. The van der Waals surface area contributed by atoms with Crippen molar-refractivity contribution in [2.45, 2.75) is 45.6 Å². The summed E-state index contributed by atoms with van der Waals surface area (Å²) in [7, 11) is 0. The van der Waals surface area contributed by atoms with E-state index in [2.05, 4.69) is 25.3 Å². The zero-order valence-electron chi connectivity index (χ0n) is 9.71. The van der Waals surface area contributed by atoms with Gasteiger partial charge < -0.3 is 5.11 Å². The zero-order valence-corrected chi connectivity index (χ0v) is 9.71. The van der Waals surface area contributed by atoms with Crippen molar-refractivity contribution in [1.82, 2.24) is 4.90 Å². The molecule has 0 aliphatic heterocycles. The second-order valence-electron chi connectivity index (χ2n) is 3.99. The van der Waals surface area contributed by atoms with Crippen molar-refractivity contribution in [2.75, 3.05) is 19.7 Å². The summed E-state index contributed by atoms with van der Waals surface area (Å²) < 4.78 is 0. The maximum Gasteiger partial charge on any atom is 0.0558 e. The molecule has 0 saturated carbocycles. The van der Waals surface area contributed by atoms with Crippen LogP contribution in [0.15, 0.2) is 12.7 Å². The van der Waals surface area contributed by atoms with Gasteiger partial charge in [-0.05, 0) is 39.7 Å². The first-order valence-electron chi connectivity index (χ1n) is 5.68. The van der Waals surface area contributed by atoms with E-state index in [-0.39, 0.29) is 6.61 Å². The lowest BCUT2D eigenvalue weighted by atomic mass is 10.1. The van der Waals surface area contributed by atoms with Gasteiger partial charge in [-0.3, -0.25) is 4.90 Å². The molecule has 2 nitrogen and oxygen atoms in total. The van der Waals surface area contributed by atoms with Crippen LogP contribution >= 0.6 is 0 Å². The molecule has 0 atom stereocenters. The summed E-state index contributed by atoms with van der Waals surface area (Å²) >= 11 is 0. The molecule has 0 saturated heterocycles. The number of aliphatic hydroxyl groups excluding tert-OH is 1. The molecule has 84 valence electrons. The largest absolute Gasteiger partial charge is 0.395 e. The molecular formula is C12H25NO. The summed E-state index contributed by atoms with van der Waals surface area (Å²) in [5, 5.41) is 8.87. The number of aliphatic hydroxyl groups is 1. The van der Waals surface area contributed by atoms with Crippen molar-refractivity contribution in [1.29, 1.82) is 0 Å². The standard InChI is InChI=1S/C12H25NO/c1-4-5-6-7-8-9-13(10-11-14)12(2)3/h4,12,14H,1,5-11H2,2-3H3. The summed E-state index contributed by atoms with van der Waals surface area (Å²) in [6.07, 6.45) is 6.84. The molecule has 0 aliphatic carbocycles. The smallest absolute Gasteiger partial charge is 0.0558 e. The monoisotopic (exact) mass is 199 g/mol. The van der Waals surface area contributed by atoms with Crippen molar-refractivity contribution >= 4 is 0 Å². The molecule has 0 fully saturated rings. The van der Waals surface area contributed by atoms with Gasteiger partial charge in [0, 0.05) is 12.6 Å². The van der Waals surface area contributed by atoms with Crippen LogP contribution in [-0.2, 0) is 0 Å². The molecule has 0 amide bonds. The van der Waals surface area contributed by atoms with Gasteiger partial charge in [0.15, 0.2) is 0 Å². The van der Waals surface area contributed by atoms with E-state index in [9.17, 15) is 0 Å². The summed E-state index contributed by atoms with van der Waals surface area (Å²) in [4.78, 5) is 2.33. The lowest BCUT2D eigenvalue weighted by Gasteiger charge is -2.25. The highest BCUT2D eigenvalue weighted by Gasteiger charge is 2.07. The van der Waals surface area contributed by atoms with Crippen LogP contribution < -0.4 is 0 Å². The van der Waals surface area contributed by atoms with E-state index in [1.165, 1.54) is 19.3 Å². The molecule has 1 N–H and O–H groups in total. The summed E-state index contributed by atoms with van der Waals surface area (Å²) in [6.45, 7) is 10.2. The minimum atomic E-state index is 0.269. The molecule has 0 heterocycles. The van der Waals surface area contributed by atoms with Gasteiger partial charge >= 0.3 is 0 Å². The maximum absolute atomic E-state index is 8.87. The van der Waals surface area contributed by atoms with E-state index in [1.807, 2.05) is 6.08 Å². The molecule has 14 heavy (non-hydrogen) atoms. The third kappa shape index (κ3) is 7.10. The average molecular weight is 199 g/mol. The first-order valence-corrected chi connectivity index (χ1v) is 5.68. The number of nitrogens with zero attached hydrogens (tertiary/aromatic N) is 1. The van der Waals surface area contributed by atoms with Gasteiger partial charge in [-0.25, -0.2) is 0 Å². The lowest BCUT2D eigenvalue weighted by Crippen LogP contribution is -2.34. The normalized spacial score (nSPS) is 11.2. The predicted molar refractivity (Wildman–Crippen MR) is 62.5 cm³/mol. The van der Waals surface area contributed by atoms with E-state index in [0.717, 1.165) is 19.5 Å². The van der Waals surface area contributed by atoms with Crippen molar-refractivity contribution in [3.63, 3.8) is 0 Å². The van der Waals surface area contributed by atoms with Gasteiger partial charge in [0.1, 0.15) is 0 Å². The minimum absolute atomic E-state index is 0.269. The minimum Gasteiger partial charge on any atom is -0.395 e. The fourth-order valence-electron chi connectivity index (χ4n) is 1.54. The Morgan fingerprint density at radius 2 is 1.93 bits per heavy atom. The van der Waals surface area contributed by atoms with Crippen LogP contribution in [0.3, 0.4) is 0 Å². The molecule has 0 aromatic rings. The van der Waals surface area contributed by atoms with Crippen LogP contribution in [0, 0.1) is 0 Å². The Morgan fingerprint density at radius 3 is 2.43 bits per heavy atom. The number of hydrogen-bond acceptors (Lipinski definition) is 2. The SMILES string of the molecule is C=CCCCCCN(CCO)C(C)C. The van der Waals surface area contributed by atoms with Crippen LogP contribution in [0.5, 0.6) is 0 Å². The Labute approximate surface area is 88.6 Å². The second kappa shape index (κ2) is 9.22. The average Bonchev–Trinajstić information content (AvgIpc) is 2.15. The van der Waals surface area contributed by atoms with E-state index >= 15 is 0 Å². The molecular weight excluding hydrogens is 174 g/mol. The summed E-state index contributed by atoms with van der Waals surface area (Å²) in [6, 6.07) is 0.543. The highest BCUT2D eigenvalue weighted by atomic mass is 16.3. The quantitative estimate of drug-likeness (QED) is 0.455. The van der Waals surface area contributed by atoms with Gasteiger partial charge in [-0.2, -0.15) is 0 Å². The molecule has 0 aromatic heterocycles. The highest BCUT2D eigenvalue weighted by Crippen LogP contribution is 2.04. The Balaban J connectivity index is 3.45. The topological polar surface area (TPSA) is 23.5 Å². The fraction of sp³-hybridized carbons (Fsp3) is 0.833. The summed E-state index contributed by atoms with van der Waals surface area (Å²) in [5.74, 6) is 0. The Morgan fingerprint density at radius 1 is 1.21 bits per heavy atom. The lowest BCUT2D eigenvalue weighted by molar-refractivity contribution is 0.163. The molecule has 0 unspecified atom stereocenters. The summed E-state index contributed by atoms with van der Waals surface area (Å²) in [5.41, 5.74) is 0. The van der Waals surface area contributed by atoms with Gasteiger partial charge in [-0.1, -0.05) is 12.5 Å². The highest BCUT2D eigenvalue weighted by molar-refractivity contribution is 4.67. The molecule has 0 aromatic carbocycles. The van der Waals surface area contributed by atoms with Crippen molar-refractivity contribution < 1.29 is 5.11 Å². The number of hydrogen-bond donors (Lipinski definition) is 1. The molecule has 0 radical (unpaired) electrons. The number of unbranched alkanes of at least 4 members (excludes halogenated alkanes) is 3. The maximum atomic E-state index is 8.87. The van der Waals surface area contributed by atoms with Gasteiger partial charge in [-0.15, -0.1) is 6.58 Å². The first kappa shape index (κ1) is 13.7. The van der Waals surface area contributed by atoms with Gasteiger partial charge in [0.2, 0.25) is 0 Å². The van der Waals surface area contributed by atoms with Crippen LogP contribution in [-0.4, -0.2) is 35.7 Å². The Kier molecular flexibility index (Phi) is 9.00.